The molecule has 2 atom stereocenters. The van der Waals surface area contributed by atoms with Gasteiger partial charge in [-0.2, -0.15) is 0 Å². The minimum absolute atomic E-state index is 0.222. The standard InChI is InChI=1S/C14H22N4O2/c1-16-11(7-13(19)17(2)14(16)20)9-18-6-4-12-10(8-18)3-5-15-12/h7,10,12,15H,3-6,8-9H2,1-2H3. The lowest BCUT2D eigenvalue weighted by Gasteiger charge is -2.35. The van der Waals surface area contributed by atoms with E-state index in [1.807, 2.05) is 0 Å². The number of nitrogens with zero attached hydrogens (tertiary/aromatic N) is 3. The molecule has 0 aromatic carbocycles. The lowest BCUT2D eigenvalue weighted by atomic mass is 9.93. The summed E-state index contributed by atoms with van der Waals surface area (Å²) >= 11 is 0. The predicted molar refractivity (Wildman–Crippen MR) is 76.7 cm³/mol. The first-order valence-corrected chi connectivity index (χ1v) is 7.28. The van der Waals surface area contributed by atoms with Crippen LogP contribution in [-0.4, -0.2) is 39.7 Å². The molecule has 0 aliphatic carbocycles. The maximum absolute atomic E-state index is 11.9. The highest BCUT2D eigenvalue weighted by Crippen LogP contribution is 2.25. The number of fused-ring (bicyclic) bond motifs is 1. The summed E-state index contributed by atoms with van der Waals surface area (Å²) in [5, 5.41) is 3.54. The lowest BCUT2D eigenvalue weighted by Crippen LogP contribution is -2.45. The quantitative estimate of drug-likeness (QED) is 0.775. The summed E-state index contributed by atoms with van der Waals surface area (Å²) in [7, 11) is 3.26. The van der Waals surface area contributed by atoms with Gasteiger partial charge in [-0.05, 0) is 25.3 Å². The van der Waals surface area contributed by atoms with Gasteiger partial charge in [0.1, 0.15) is 0 Å². The Kier molecular flexibility index (Phi) is 3.52. The Bertz CT molecular complexity index is 619. The van der Waals surface area contributed by atoms with Crippen LogP contribution in [0.25, 0.3) is 0 Å². The number of aromatic nitrogens is 2. The van der Waals surface area contributed by atoms with Crippen LogP contribution in [0.3, 0.4) is 0 Å². The van der Waals surface area contributed by atoms with Gasteiger partial charge in [0.15, 0.2) is 0 Å². The molecular weight excluding hydrogens is 256 g/mol. The molecule has 1 aromatic rings. The molecule has 20 heavy (non-hydrogen) atoms. The Labute approximate surface area is 118 Å². The number of nitrogens with one attached hydrogen (secondary N) is 1. The Morgan fingerprint density at radius 3 is 2.85 bits per heavy atom. The molecule has 6 heteroatoms. The minimum Gasteiger partial charge on any atom is -0.314 e. The Morgan fingerprint density at radius 2 is 2.05 bits per heavy atom. The summed E-state index contributed by atoms with van der Waals surface area (Å²) in [5.74, 6) is 0.715. The third-order valence-electron chi connectivity index (χ3n) is 4.75. The Balaban J connectivity index is 1.78. The molecule has 2 aliphatic heterocycles. The summed E-state index contributed by atoms with van der Waals surface area (Å²) < 4.78 is 2.73. The molecule has 0 amide bonds. The second kappa shape index (κ2) is 5.18. The van der Waals surface area contributed by atoms with Crippen molar-refractivity contribution in [3.05, 3.63) is 32.6 Å². The highest BCUT2D eigenvalue weighted by Gasteiger charge is 2.32. The highest BCUT2D eigenvalue weighted by atomic mass is 16.2. The molecule has 3 rings (SSSR count). The smallest absolute Gasteiger partial charge is 0.314 e. The first-order chi connectivity index (χ1) is 9.56. The van der Waals surface area contributed by atoms with Gasteiger partial charge >= 0.3 is 5.69 Å². The maximum atomic E-state index is 11.9. The van der Waals surface area contributed by atoms with Crippen molar-refractivity contribution in [1.82, 2.24) is 19.4 Å². The fourth-order valence-corrected chi connectivity index (χ4v) is 3.43. The number of likely N-dealkylation sites (tertiary alicyclic amines) is 1. The molecule has 2 unspecified atom stereocenters. The Morgan fingerprint density at radius 1 is 1.25 bits per heavy atom. The molecule has 2 aliphatic rings. The second-order valence-corrected chi connectivity index (χ2v) is 6.01. The van der Waals surface area contributed by atoms with Crippen LogP contribution in [0.5, 0.6) is 0 Å². The molecule has 0 saturated carbocycles. The fraction of sp³-hybridized carbons (Fsp3) is 0.714. The molecule has 0 spiro atoms. The summed E-state index contributed by atoms with van der Waals surface area (Å²) in [4.78, 5) is 26.1. The highest BCUT2D eigenvalue weighted by molar-refractivity contribution is 5.03. The molecule has 1 aromatic heterocycles. The molecule has 0 bridgehead atoms. The summed E-state index contributed by atoms with van der Waals surface area (Å²) in [6.45, 7) is 3.89. The van der Waals surface area contributed by atoms with Gasteiger partial charge in [0.2, 0.25) is 0 Å². The molecule has 2 saturated heterocycles. The third kappa shape index (κ3) is 2.33. The second-order valence-electron chi connectivity index (χ2n) is 6.01. The number of rotatable bonds is 2. The summed E-state index contributed by atoms with van der Waals surface area (Å²) in [6, 6.07) is 2.25. The number of hydrogen-bond donors (Lipinski definition) is 1. The topological polar surface area (TPSA) is 59.3 Å². The number of hydrogen-bond acceptors (Lipinski definition) is 4. The van der Waals surface area contributed by atoms with Crippen LogP contribution in [0.4, 0.5) is 0 Å². The van der Waals surface area contributed by atoms with Gasteiger partial charge in [0, 0.05) is 51.5 Å². The van der Waals surface area contributed by atoms with Gasteiger partial charge in [-0.1, -0.05) is 0 Å². The molecule has 110 valence electrons. The van der Waals surface area contributed by atoms with Crippen molar-refractivity contribution in [2.24, 2.45) is 20.0 Å². The normalized spacial score (nSPS) is 26.7. The van der Waals surface area contributed by atoms with Crippen LogP contribution in [0.2, 0.25) is 0 Å². The Hall–Kier alpha value is -1.40. The predicted octanol–water partition coefficient (Wildman–Crippen LogP) is -0.732. The molecular formula is C14H22N4O2. The van der Waals surface area contributed by atoms with E-state index in [-0.39, 0.29) is 11.2 Å². The van der Waals surface area contributed by atoms with Gasteiger partial charge in [0.05, 0.1) is 0 Å². The lowest BCUT2D eigenvalue weighted by molar-refractivity contribution is 0.152. The van der Waals surface area contributed by atoms with Gasteiger partial charge in [-0.25, -0.2) is 4.79 Å². The molecule has 6 nitrogen and oxygen atoms in total. The van der Waals surface area contributed by atoms with E-state index in [4.69, 9.17) is 0 Å². The van der Waals surface area contributed by atoms with Crippen molar-refractivity contribution in [1.29, 1.82) is 0 Å². The van der Waals surface area contributed by atoms with Crippen molar-refractivity contribution >= 4 is 0 Å². The van der Waals surface area contributed by atoms with Crippen molar-refractivity contribution in [2.45, 2.75) is 25.4 Å². The zero-order chi connectivity index (χ0) is 14.3. The average Bonchev–Trinajstić information content (AvgIpc) is 2.90. The summed E-state index contributed by atoms with van der Waals surface area (Å²) in [6.07, 6.45) is 2.39. The van der Waals surface area contributed by atoms with Gasteiger partial charge < -0.3 is 5.32 Å². The molecule has 2 fully saturated rings. The zero-order valence-electron chi connectivity index (χ0n) is 12.1. The average molecular weight is 278 g/mol. The molecule has 3 heterocycles. The van der Waals surface area contributed by atoms with E-state index in [1.165, 1.54) is 13.5 Å². The fourth-order valence-electron chi connectivity index (χ4n) is 3.43. The number of piperidine rings is 1. The van der Waals surface area contributed by atoms with Crippen molar-refractivity contribution in [3.8, 4) is 0 Å². The van der Waals surface area contributed by atoms with Crippen LogP contribution in [0.15, 0.2) is 15.7 Å². The van der Waals surface area contributed by atoms with Gasteiger partial charge in [0.25, 0.3) is 5.56 Å². The monoisotopic (exact) mass is 278 g/mol. The van der Waals surface area contributed by atoms with E-state index in [2.05, 4.69) is 10.2 Å². The van der Waals surface area contributed by atoms with Crippen molar-refractivity contribution in [2.75, 3.05) is 19.6 Å². The minimum atomic E-state index is -0.245. The molecule has 0 radical (unpaired) electrons. The molecule has 1 N–H and O–H groups in total. The van der Waals surface area contributed by atoms with E-state index >= 15 is 0 Å². The van der Waals surface area contributed by atoms with Gasteiger partial charge in [-0.15, -0.1) is 0 Å². The first kappa shape index (κ1) is 13.6. The van der Waals surface area contributed by atoms with Crippen LogP contribution in [-0.2, 0) is 20.6 Å². The van der Waals surface area contributed by atoms with Crippen LogP contribution < -0.4 is 16.6 Å². The van der Waals surface area contributed by atoms with Crippen molar-refractivity contribution < 1.29 is 0 Å². The van der Waals surface area contributed by atoms with E-state index in [1.54, 1.807) is 17.7 Å². The van der Waals surface area contributed by atoms with Crippen LogP contribution >= 0.6 is 0 Å². The van der Waals surface area contributed by atoms with Crippen LogP contribution in [0, 0.1) is 5.92 Å². The maximum Gasteiger partial charge on any atom is 0.330 e. The SMILES string of the molecule is Cn1c(CN2CCC3NCCC3C2)cc(=O)n(C)c1=O. The van der Waals surface area contributed by atoms with Crippen molar-refractivity contribution in [3.63, 3.8) is 0 Å². The largest absolute Gasteiger partial charge is 0.330 e. The first-order valence-electron chi connectivity index (χ1n) is 7.28. The summed E-state index contributed by atoms with van der Waals surface area (Å²) in [5.41, 5.74) is 0.341. The third-order valence-corrected chi connectivity index (χ3v) is 4.75. The van der Waals surface area contributed by atoms with E-state index in [9.17, 15) is 9.59 Å². The zero-order valence-corrected chi connectivity index (χ0v) is 12.1. The van der Waals surface area contributed by atoms with E-state index in [0.717, 1.165) is 36.3 Å². The van der Waals surface area contributed by atoms with E-state index < -0.39 is 0 Å². The van der Waals surface area contributed by atoms with E-state index in [0.29, 0.717) is 18.5 Å². The van der Waals surface area contributed by atoms with Gasteiger partial charge in [-0.3, -0.25) is 18.8 Å². The van der Waals surface area contributed by atoms with Crippen LogP contribution in [0.1, 0.15) is 18.5 Å².